The van der Waals surface area contributed by atoms with Crippen LogP contribution in [0.5, 0.6) is 0 Å². The zero-order chi connectivity index (χ0) is 12.1. The monoisotopic (exact) mass is 220 g/mol. The lowest BCUT2D eigenvalue weighted by Crippen LogP contribution is -2.14. The summed E-state index contributed by atoms with van der Waals surface area (Å²) >= 11 is 0. The lowest BCUT2D eigenvalue weighted by atomic mass is 9.92. The fourth-order valence-electron chi connectivity index (χ4n) is 2.43. The predicted octanol–water partition coefficient (Wildman–Crippen LogP) is 2.74. The molecule has 0 fully saturated rings. The molecule has 90 valence electrons. The first-order valence-electron chi connectivity index (χ1n) is 6.09. The molecular formula is C14H24N2. The van der Waals surface area contributed by atoms with Gasteiger partial charge in [-0.3, -0.25) is 0 Å². The topological polar surface area (TPSA) is 52.0 Å². The first kappa shape index (κ1) is 13.2. The summed E-state index contributed by atoms with van der Waals surface area (Å²) in [6.45, 7) is 7.19. The number of rotatable bonds is 5. The minimum absolute atomic E-state index is 0.159. The third kappa shape index (κ3) is 3.32. The number of benzene rings is 1. The van der Waals surface area contributed by atoms with Gasteiger partial charge in [0.1, 0.15) is 0 Å². The first-order valence-corrected chi connectivity index (χ1v) is 6.09. The molecule has 2 heteroatoms. The van der Waals surface area contributed by atoms with Crippen LogP contribution in [0.15, 0.2) is 12.1 Å². The van der Waals surface area contributed by atoms with E-state index in [1.54, 1.807) is 0 Å². The van der Waals surface area contributed by atoms with Crippen molar-refractivity contribution in [2.45, 2.75) is 46.1 Å². The quantitative estimate of drug-likeness (QED) is 0.750. The first-order chi connectivity index (χ1) is 7.56. The van der Waals surface area contributed by atoms with E-state index in [1.807, 2.05) is 0 Å². The fraction of sp³-hybridized carbons (Fsp3) is 0.571. The average molecular weight is 220 g/mol. The van der Waals surface area contributed by atoms with Crippen molar-refractivity contribution in [2.75, 3.05) is 6.54 Å². The van der Waals surface area contributed by atoms with Crippen LogP contribution >= 0.6 is 0 Å². The van der Waals surface area contributed by atoms with Gasteiger partial charge in [-0.25, -0.2) is 0 Å². The van der Waals surface area contributed by atoms with E-state index >= 15 is 0 Å². The van der Waals surface area contributed by atoms with Crippen molar-refractivity contribution in [3.63, 3.8) is 0 Å². The fourth-order valence-corrected chi connectivity index (χ4v) is 2.43. The van der Waals surface area contributed by atoms with E-state index in [0.29, 0.717) is 0 Å². The molecule has 0 spiro atoms. The van der Waals surface area contributed by atoms with E-state index in [4.69, 9.17) is 11.5 Å². The molecule has 0 unspecified atom stereocenters. The van der Waals surface area contributed by atoms with Crippen molar-refractivity contribution in [3.05, 3.63) is 34.4 Å². The molecule has 0 heterocycles. The summed E-state index contributed by atoms with van der Waals surface area (Å²) in [4.78, 5) is 0. The second-order valence-corrected chi connectivity index (χ2v) is 4.70. The summed E-state index contributed by atoms with van der Waals surface area (Å²) < 4.78 is 0. The molecule has 0 saturated heterocycles. The van der Waals surface area contributed by atoms with Crippen molar-refractivity contribution in [2.24, 2.45) is 11.5 Å². The Hall–Kier alpha value is -0.860. The van der Waals surface area contributed by atoms with Crippen LogP contribution in [0.25, 0.3) is 0 Å². The van der Waals surface area contributed by atoms with Crippen LogP contribution in [0, 0.1) is 20.8 Å². The summed E-state index contributed by atoms with van der Waals surface area (Å²) in [5, 5.41) is 0. The molecule has 0 bridgehead atoms. The van der Waals surface area contributed by atoms with Crippen molar-refractivity contribution in [3.8, 4) is 0 Å². The molecule has 4 N–H and O–H groups in total. The maximum atomic E-state index is 6.25. The van der Waals surface area contributed by atoms with Gasteiger partial charge in [-0.1, -0.05) is 24.1 Å². The number of unbranched alkanes of at least 4 members (excludes halogenated alkanes) is 1. The summed E-state index contributed by atoms with van der Waals surface area (Å²) in [6.07, 6.45) is 3.21. The highest BCUT2D eigenvalue weighted by molar-refractivity contribution is 5.39. The van der Waals surface area contributed by atoms with Crippen LogP contribution in [-0.4, -0.2) is 6.54 Å². The molecular weight excluding hydrogens is 196 g/mol. The number of hydrogen-bond donors (Lipinski definition) is 2. The zero-order valence-electron chi connectivity index (χ0n) is 10.7. The summed E-state index contributed by atoms with van der Waals surface area (Å²) in [6, 6.07) is 4.59. The highest BCUT2D eigenvalue weighted by Gasteiger charge is 2.11. The van der Waals surface area contributed by atoms with Crippen LogP contribution in [-0.2, 0) is 0 Å². The molecule has 16 heavy (non-hydrogen) atoms. The Balaban J connectivity index is 2.78. The van der Waals surface area contributed by atoms with E-state index in [0.717, 1.165) is 25.8 Å². The van der Waals surface area contributed by atoms with Gasteiger partial charge in [0.2, 0.25) is 0 Å². The second kappa shape index (κ2) is 6.02. The highest BCUT2D eigenvalue weighted by Crippen LogP contribution is 2.25. The predicted molar refractivity (Wildman–Crippen MR) is 70.5 cm³/mol. The minimum Gasteiger partial charge on any atom is -0.330 e. The molecule has 0 radical (unpaired) electrons. The third-order valence-corrected chi connectivity index (χ3v) is 3.08. The molecule has 1 aromatic carbocycles. The highest BCUT2D eigenvalue weighted by atomic mass is 14.6. The standard InChI is InChI=1S/C14H24N2/c1-10-8-11(2)14(12(3)9-10)13(16)6-4-5-7-15/h8-9,13H,4-7,15-16H2,1-3H3/t13-/m1/s1. The van der Waals surface area contributed by atoms with Crippen LogP contribution in [0.2, 0.25) is 0 Å². The van der Waals surface area contributed by atoms with Crippen LogP contribution in [0.4, 0.5) is 0 Å². The van der Waals surface area contributed by atoms with E-state index in [2.05, 4.69) is 32.9 Å². The summed E-state index contributed by atoms with van der Waals surface area (Å²) in [7, 11) is 0. The summed E-state index contributed by atoms with van der Waals surface area (Å²) in [5.41, 5.74) is 17.0. The SMILES string of the molecule is Cc1cc(C)c([C@H](N)CCCCN)c(C)c1. The van der Waals surface area contributed by atoms with Crippen LogP contribution in [0.3, 0.4) is 0 Å². The Morgan fingerprint density at radius 1 is 1.06 bits per heavy atom. The Labute approximate surface area is 99.0 Å². The molecule has 2 nitrogen and oxygen atoms in total. The van der Waals surface area contributed by atoms with Crippen LogP contribution < -0.4 is 11.5 Å². The Bertz CT molecular complexity index is 322. The molecule has 0 aliphatic rings. The van der Waals surface area contributed by atoms with Gasteiger partial charge in [-0.15, -0.1) is 0 Å². The van der Waals surface area contributed by atoms with E-state index < -0.39 is 0 Å². The van der Waals surface area contributed by atoms with Gasteiger partial charge in [0.25, 0.3) is 0 Å². The third-order valence-electron chi connectivity index (χ3n) is 3.08. The molecule has 0 amide bonds. The second-order valence-electron chi connectivity index (χ2n) is 4.70. The van der Waals surface area contributed by atoms with Gasteiger partial charge >= 0.3 is 0 Å². The maximum Gasteiger partial charge on any atom is 0.0300 e. The minimum atomic E-state index is 0.159. The normalized spacial score (nSPS) is 12.8. The molecule has 0 aliphatic carbocycles. The Morgan fingerprint density at radius 2 is 1.62 bits per heavy atom. The van der Waals surface area contributed by atoms with E-state index in [1.165, 1.54) is 22.3 Å². The molecule has 1 atom stereocenters. The van der Waals surface area contributed by atoms with Crippen molar-refractivity contribution >= 4 is 0 Å². The number of hydrogen-bond acceptors (Lipinski definition) is 2. The lowest BCUT2D eigenvalue weighted by Gasteiger charge is -2.18. The van der Waals surface area contributed by atoms with Gasteiger partial charge in [-0.2, -0.15) is 0 Å². The number of aryl methyl sites for hydroxylation is 3. The smallest absolute Gasteiger partial charge is 0.0300 e. The van der Waals surface area contributed by atoms with Crippen LogP contribution in [0.1, 0.15) is 47.6 Å². The van der Waals surface area contributed by atoms with E-state index in [-0.39, 0.29) is 6.04 Å². The molecule has 1 aromatic rings. The molecule has 0 aromatic heterocycles. The van der Waals surface area contributed by atoms with Gasteiger partial charge in [0.15, 0.2) is 0 Å². The van der Waals surface area contributed by atoms with Gasteiger partial charge in [0.05, 0.1) is 0 Å². The number of nitrogens with two attached hydrogens (primary N) is 2. The van der Waals surface area contributed by atoms with E-state index in [9.17, 15) is 0 Å². The molecule has 0 saturated carbocycles. The zero-order valence-corrected chi connectivity index (χ0v) is 10.7. The summed E-state index contributed by atoms with van der Waals surface area (Å²) in [5.74, 6) is 0. The lowest BCUT2D eigenvalue weighted by molar-refractivity contribution is 0.586. The molecule has 1 rings (SSSR count). The Kier molecular flexibility index (Phi) is 4.97. The maximum absolute atomic E-state index is 6.25. The van der Waals surface area contributed by atoms with Crippen molar-refractivity contribution in [1.82, 2.24) is 0 Å². The van der Waals surface area contributed by atoms with Gasteiger partial charge in [0, 0.05) is 6.04 Å². The Morgan fingerprint density at radius 3 is 2.12 bits per heavy atom. The van der Waals surface area contributed by atoms with Crippen molar-refractivity contribution < 1.29 is 0 Å². The van der Waals surface area contributed by atoms with Crippen molar-refractivity contribution in [1.29, 1.82) is 0 Å². The molecule has 0 aliphatic heterocycles. The van der Waals surface area contributed by atoms with Gasteiger partial charge < -0.3 is 11.5 Å². The largest absolute Gasteiger partial charge is 0.330 e. The average Bonchev–Trinajstić information content (AvgIpc) is 2.16. The van der Waals surface area contributed by atoms with Gasteiger partial charge in [-0.05, 0) is 56.8 Å².